The van der Waals surface area contributed by atoms with Gasteiger partial charge in [-0.2, -0.15) is 4.31 Å². The molecule has 0 aliphatic rings. The number of nitrogens with zero attached hydrogens (tertiary/aromatic N) is 1. The lowest BCUT2D eigenvalue weighted by Gasteiger charge is -2.24. The second kappa shape index (κ2) is 5.43. The Bertz CT molecular complexity index is 505. The Hall–Kier alpha value is -0.500. The molecule has 0 aliphatic heterocycles. The van der Waals surface area contributed by atoms with Crippen molar-refractivity contribution in [3.05, 3.63) is 17.0 Å². The Morgan fingerprint density at radius 1 is 1.53 bits per heavy atom. The first-order valence-corrected chi connectivity index (χ1v) is 7.78. The molecule has 96 valence electrons. The first-order valence-electron chi connectivity index (χ1n) is 5.11. The van der Waals surface area contributed by atoms with Crippen LogP contribution in [0.15, 0.2) is 16.3 Å². The van der Waals surface area contributed by atoms with E-state index in [1.54, 1.807) is 26.0 Å². The van der Waals surface area contributed by atoms with Crippen LogP contribution in [-0.2, 0) is 10.0 Å². The fourth-order valence-electron chi connectivity index (χ4n) is 1.36. The van der Waals surface area contributed by atoms with E-state index < -0.39 is 10.0 Å². The number of aryl methyl sites for hydroxylation is 1. The number of hydrogen-bond donors (Lipinski definition) is 1. The van der Waals surface area contributed by atoms with Crippen molar-refractivity contribution in [1.82, 2.24) is 4.31 Å². The molecule has 4 nitrogen and oxygen atoms in total. The molecule has 2 N–H and O–H groups in total. The third kappa shape index (κ3) is 3.48. The molecule has 1 heterocycles. The Morgan fingerprint density at radius 3 is 2.47 bits per heavy atom. The van der Waals surface area contributed by atoms with Gasteiger partial charge in [0.05, 0.1) is 11.5 Å². The Kier molecular flexibility index (Phi) is 4.65. The van der Waals surface area contributed by atoms with Crippen molar-refractivity contribution in [2.75, 3.05) is 6.54 Å². The van der Waals surface area contributed by atoms with Crippen molar-refractivity contribution in [3.8, 4) is 0 Å². The van der Waals surface area contributed by atoms with E-state index in [0.717, 1.165) is 4.88 Å². The van der Waals surface area contributed by atoms with Crippen LogP contribution in [0.3, 0.4) is 0 Å². The third-order valence-corrected chi connectivity index (χ3v) is 5.79. The summed E-state index contributed by atoms with van der Waals surface area (Å²) in [4.78, 5) is 1.14. The minimum Gasteiger partial charge on any atom is -0.392 e. The maximum absolute atomic E-state index is 12.3. The molecule has 0 fully saturated rings. The van der Waals surface area contributed by atoms with Crippen LogP contribution in [0.4, 0.5) is 0 Å². The zero-order valence-electron chi connectivity index (χ0n) is 10.0. The van der Waals surface area contributed by atoms with Crippen LogP contribution in [0.25, 0.3) is 0 Å². The van der Waals surface area contributed by atoms with E-state index in [1.807, 2.05) is 6.92 Å². The molecule has 1 aromatic heterocycles. The molecule has 7 heteroatoms. The van der Waals surface area contributed by atoms with Crippen LogP contribution < -0.4 is 5.73 Å². The van der Waals surface area contributed by atoms with E-state index in [1.165, 1.54) is 15.6 Å². The lowest BCUT2D eigenvalue weighted by Crippen LogP contribution is -2.41. The quantitative estimate of drug-likeness (QED) is 0.840. The molecule has 0 atom stereocenters. The van der Waals surface area contributed by atoms with E-state index in [4.69, 9.17) is 18.0 Å². The monoisotopic (exact) mass is 292 g/mol. The summed E-state index contributed by atoms with van der Waals surface area (Å²) in [6.45, 7) is 5.55. The van der Waals surface area contributed by atoms with Crippen LogP contribution in [0.1, 0.15) is 18.7 Å². The number of sulfonamides is 1. The fraction of sp³-hybridized carbons (Fsp3) is 0.500. The molecular formula is C10H16N2O2S3. The van der Waals surface area contributed by atoms with Crippen LogP contribution in [0, 0.1) is 6.92 Å². The maximum Gasteiger partial charge on any atom is 0.253 e. The summed E-state index contributed by atoms with van der Waals surface area (Å²) in [5.74, 6) is 0. The van der Waals surface area contributed by atoms with Gasteiger partial charge < -0.3 is 5.73 Å². The molecule has 17 heavy (non-hydrogen) atoms. The molecular weight excluding hydrogens is 276 g/mol. The predicted octanol–water partition coefficient (Wildman–Crippen LogP) is 1.74. The zero-order valence-corrected chi connectivity index (χ0v) is 12.5. The minimum absolute atomic E-state index is 0.0757. The Balaban J connectivity index is 3.13. The molecule has 0 unspecified atom stereocenters. The smallest absolute Gasteiger partial charge is 0.253 e. The number of thiocarbonyl (C=S) groups is 1. The highest BCUT2D eigenvalue weighted by Crippen LogP contribution is 2.25. The van der Waals surface area contributed by atoms with Crippen LogP contribution in [0.5, 0.6) is 0 Å². The average molecular weight is 292 g/mol. The summed E-state index contributed by atoms with van der Waals surface area (Å²) in [7, 11) is -3.49. The van der Waals surface area contributed by atoms with Crippen molar-refractivity contribution < 1.29 is 8.42 Å². The summed E-state index contributed by atoms with van der Waals surface area (Å²) < 4.78 is 26.3. The second-order valence-electron chi connectivity index (χ2n) is 3.98. The molecule has 0 saturated heterocycles. The van der Waals surface area contributed by atoms with Crippen LogP contribution in [-0.4, -0.2) is 30.3 Å². The van der Waals surface area contributed by atoms with Gasteiger partial charge >= 0.3 is 0 Å². The lowest BCUT2D eigenvalue weighted by molar-refractivity contribution is 0.392. The van der Waals surface area contributed by atoms with Gasteiger partial charge in [-0.1, -0.05) is 12.2 Å². The minimum atomic E-state index is -3.49. The summed E-state index contributed by atoms with van der Waals surface area (Å²) in [5, 5.41) is 0. The highest BCUT2D eigenvalue weighted by molar-refractivity contribution is 7.91. The van der Waals surface area contributed by atoms with Gasteiger partial charge in [0.25, 0.3) is 10.0 Å². The van der Waals surface area contributed by atoms with Gasteiger partial charge in [0.2, 0.25) is 0 Å². The van der Waals surface area contributed by atoms with Gasteiger partial charge in [-0.3, -0.25) is 0 Å². The van der Waals surface area contributed by atoms with Gasteiger partial charge in [-0.05, 0) is 32.9 Å². The molecule has 1 aromatic rings. The fourth-order valence-corrected chi connectivity index (χ4v) is 4.61. The number of rotatable bonds is 5. The predicted molar refractivity (Wildman–Crippen MR) is 74.9 cm³/mol. The van der Waals surface area contributed by atoms with Crippen molar-refractivity contribution >= 4 is 38.6 Å². The SMILES string of the molecule is Cc1ccc(S(=O)(=O)N(CC(N)=S)C(C)C)s1. The standard InChI is InChI=1S/C10H16N2O2S3/c1-7(2)12(6-9(11)15)17(13,14)10-5-4-8(3)16-10/h4-5,7H,6H2,1-3H3,(H2,11,15). The highest BCUT2D eigenvalue weighted by Gasteiger charge is 2.28. The van der Waals surface area contributed by atoms with Gasteiger partial charge in [0, 0.05) is 10.9 Å². The average Bonchev–Trinajstić information content (AvgIpc) is 2.61. The van der Waals surface area contributed by atoms with Crippen molar-refractivity contribution in [1.29, 1.82) is 0 Å². The first-order chi connectivity index (χ1) is 7.75. The summed E-state index contributed by atoms with van der Waals surface area (Å²) in [6.07, 6.45) is 0. The van der Waals surface area contributed by atoms with E-state index in [2.05, 4.69) is 0 Å². The molecule has 0 aromatic carbocycles. The van der Waals surface area contributed by atoms with Gasteiger partial charge in [0.1, 0.15) is 4.21 Å². The Morgan fingerprint density at radius 2 is 2.12 bits per heavy atom. The number of hydrogen-bond acceptors (Lipinski definition) is 4. The number of thiophene rings is 1. The lowest BCUT2D eigenvalue weighted by atomic mass is 10.4. The van der Waals surface area contributed by atoms with Gasteiger partial charge in [0.15, 0.2) is 0 Å². The van der Waals surface area contributed by atoms with Crippen molar-refractivity contribution in [3.63, 3.8) is 0 Å². The summed E-state index contributed by atoms with van der Waals surface area (Å²) >= 11 is 6.04. The van der Waals surface area contributed by atoms with Crippen molar-refractivity contribution in [2.45, 2.75) is 31.0 Å². The Labute approximate surface area is 111 Å². The zero-order chi connectivity index (χ0) is 13.2. The molecule has 0 radical (unpaired) electrons. The highest BCUT2D eigenvalue weighted by atomic mass is 32.2. The van der Waals surface area contributed by atoms with E-state index in [0.29, 0.717) is 4.21 Å². The van der Waals surface area contributed by atoms with Crippen molar-refractivity contribution in [2.24, 2.45) is 5.73 Å². The second-order valence-corrected chi connectivity index (χ2v) is 7.91. The summed E-state index contributed by atoms with van der Waals surface area (Å²) in [6, 6.07) is 3.23. The van der Waals surface area contributed by atoms with E-state index >= 15 is 0 Å². The molecule has 0 amide bonds. The molecule has 0 saturated carbocycles. The largest absolute Gasteiger partial charge is 0.392 e. The topological polar surface area (TPSA) is 63.4 Å². The third-order valence-electron chi connectivity index (χ3n) is 2.17. The van der Waals surface area contributed by atoms with E-state index in [-0.39, 0.29) is 17.6 Å². The normalized spacial score (nSPS) is 12.3. The van der Waals surface area contributed by atoms with Gasteiger partial charge in [-0.15, -0.1) is 11.3 Å². The molecule has 1 rings (SSSR count). The number of nitrogens with two attached hydrogens (primary N) is 1. The first kappa shape index (κ1) is 14.6. The van der Waals surface area contributed by atoms with Crippen LogP contribution in [0.2, 0.25) is 0 Å². The van der Waals surface area contributed by atoms with E-state index in [9.17, 15) is 8.42 Å². The molecule has 0 spiro atoms. The van der Waals surface area contributed by atoms with Crippen LogP contribution >= 0.6 is 23.6 Å². The maximum atomic E-state index is 12.3. The molecule has 0 aliphatic carbocycles. The summed E-state index contributed by atoms with van der Waals surface area (Å²) in [5.41, 5.74) is 5.44. The van der Waals surface area contributed by atoms with Gasteiger partial charge in [-0.25, -0.2) is 8.42 Å². The molecule has 0 bridgehead atoms.